The molecule has 3 rings (SSSR count). The molecule has 2 aromatic carbocycles. The highest BCUT2D eigenvalue weighted by atomic mass is 32.2. The molecule has 89 heavy (non-hydrogen) atoms. The molecular weight excluding hydrogens is 1200 g/mol. The Balaban J connectivity index is 1.14. The van der Waals surface area contributed by atoms with Gasteiger partial charge < -0.3 is 87.0 Å². The second-order valence-electron chi connectivity index (χ2n) is 20.3. The van der Waals surface area contributed by atoms with Crippen LogP contribution < -0.4 is 16.0 Å². The molecule has 27 heteroatoms. The third-order valence-corrected chi connectivity index (χ3v) is 14.2. The summed E-state index contributed by atoms with van der Waals surface area (Å²) < 4.78 is 81.9. The lowest BCUT2D eigenvalue weighted by Gasteiger charge is -2.20. The Labute approximate surface area is 533 Å². The zero-order valence-electron chi connectivity index (χ0n) is 52.6. The number of nitrogens with zero attached hydrogens (tertiary/aromatic N) is 1. The van der Waals surface area contributed by atoms with E-state index in [1.165, 1.54) is 28.4 Å². The molecule has 0 aliphatic carbocycles. The van der Waals surface area contributed by atoms with Crippen molar-refractivity contribution in [3.63, 3.8) is 0 Å². The fourth-order valence-electron chi connectivity index (χ4n) is 7.51. The third kappa shape index (κ3) is 42.2. The molecule has 3 N–H and O–H groups in total. The van der Waals surface area contributed by atoms with Crippen LogP contribution in [-0.2, 0) is 99.8 Å². The van der Waals surface area contributed by atoms with E-state index in [1.807, 2.05) is 60.7 Å². The molecule has 1 atom stereocenters. The van der Waals surface area contributed by atoms with Crippen LogP contribution in [0.15, 0.2) is 80.3 Å². The van der Waals surface area contributed by atoms with Crippen molar-refractivity contribution >= 4 is 59.0 Å². The van der Waals surface area contributed by atoms with Gasteiger partial charge >= 0.3 is 5.97 Å². The number of esters is 1. The van der Waals surface area contributed by atoms with E-state index in [9.17, 15) is 28.8 Å². The number of nitrogens with one attached hydrogen (secondary N) is 3. The number of rotatable bonds is 59. The summed E-state index contributed by atoms with van der Waals surface area (Å²) >= 11 is 2.52. The molecule has 0 spiro atoms. The third-order valence-electron chi connectivity index (χ3n) is 11.9. The maximum Gasteiger partial charge on any atom is 0.308 e. The number of imide groups is 1. The lowest BCUT2D eigenvalue weighted by molar-refractivity contribution is -0.154. The number of ether oxygens (including phenoxy) is 15. The van der Waals surface area contributed by atoms with Crippen LogP contribution in [0.3, 0.4) is 0 Å². The second kappa shape index (κ2) is 52.9. The lowest BCUT2D eigenvalue weighted by atomic mass is 10.1. The summed E-state index contributed by atoms with van der Waals surface area (Å²) in [7, 11) is 1.64. The zero-order chi connectivity index (χ0) is 64.1. The van der Waals surface area contributed by atoms with E-state index in [1.54, 1.807) is 27.9 Å². The normalized spacial score (nSPS) is 12.9. The van der Waals surface area contributed by atoms with E-state index in [0.29, 0.717) is 175 Å². The van der Waals surface area contributed by atoms with Crippen LogP contribution in [0.4, 0.5) is 0 Å². The summed E-state index contributed by atoms with van der Waals surface area (Å²) in [6.45, 7) is 16.5. The molecule has 2 aromatic rings. The highest BCUT2D eigenvalue weighted by Gasteiger charge is 2.39. The van der Waals surface area contributed by atoms with Crippen molar-refractivity contribution in [1.82, 2.24) is 20.9 Å². The van der Waals surface area contributed by atoms with Gasteiger partial charge in [-0.15, -0.1) is 0 Å². The van der Waals surface area contributed by atoms with Gasteiger partial charge in [0, 0.05) is 42.8 Å². The minimum Gasteiger partial charge on any atom is -0.460 e. The van der Waals surface area contributed by atoms with Crippen LogP contribution in [0, 0.1) is 0 Å². The van der Waals surface area contributed by atoms with Gasteiger partial charge in [-0.05, 0) is 64.3 Å². The van der Waals surface area contributed by atoms with Crippen LogP contribution in [0.2, 0.25) is 0 Å². The predicted molar refractivity (Wildman–Crippen MR) is 332 cm³/mol. The average Bonchev–Trinajstić information content (AvgIpc) is 2.56. The first-order valence-electron chi connectivity index (χ1n) is 30.5. The molecule has 0 saturated heterocycles. The van der Waals surface area contributed by atoms with Gasteiger partial charge in [-0.3, -0.25) is 33.7 Å². The topological polar surface area (TPSA) is 280 Å². The number of carbonyl (C=O) groups is 6. The number of carbonyl (C=O) groups excluding carboxylic acids is 6. The van der Waals surface area contributed by atoms with Gasteiger partial charge in [0.05, 0.1) is 201 Å². The monoisotopic (exact) mass is 1300 g/mol. The maximum atomic E-state index is 13.5. The van der Waals surface area contributed by atoms with Gasteiger partial charge in [0.1, 0.15) is 11.6 Å². The van der Waals surface area contributed by atoms with E-state index in [-0.39, 0.29) is 89.5 Å². The molecule has 1 heterocycles. The highest BCUT2D eigenvalue weighted by Crippen LogP contribution is 2.42. The minimum atomic E-state index is -0.899. The van der Waals surface area contributed by atoms with Crippen LogP contribution in [0.25, 0.3) is 0 Å². The number of thioether (sulfide) groups is 2. The van der Waals surface area contributed by atoms with E-state index >= 15 is 0 Å². The van der Waals surface area contributed by atoms with Crippen molar-refractivity contribution in [3.05, 3.63) is 70.5 Å². The molecule has 1 unspecified atom stereocenters. The largest absolute Gasteiger partial charge is 0.460 e. The molecule has 0 saturated carbocycles. The number of methoxy groups -OCH3 is 1. The molecule has 5 amide bonds. The predicted octanol–water partition coefficient (Wildman–Crippen LogP) is 4.41. The summed E-state index contributed by atoms with van der Waals surface area (Å²) in [6.07, 6.45) is 1.40. The lowest BCUT2D eigenvalue weighted by Crippen LogP contribution is -2.47. The van der Waals surface area contributed by atoms with Crippen LogP contribution in [0.1, 0.15) is 59.3 Å². The Morgan fingerprint density at radius 1 is 0.438 bits per heavy atom. The number of amides is 5. The first-order valence-corrected chi connectivity index (χ1v) is 32.1. The van der Waals surface area contributed by atoms with Gasteiger partial charge in [0.2, 0.25) is 17.7 Å². The molecule has 504 valence electrons. The van der Waals surface area contributed by atoms with Crippen molar-refractivity contribution < 1.29 is 99.8 Å². The first-order chi connectivity index (χ1) is 43.4. The van der Waals surface area contributed by atoms with Gasteiger partial charge in [-0.1, -0.05) is 59.9 Å². The minimum absolute atomic E-state index is 0.0231. The maximum absolute atomic E-state index is 13.5. The fourth-order valence-corrected chi connectivity index (χ4v) is 9.57. The van der Waals surface area contributed by atoms with E-state index in [0.717, 1.165) is 9.79 Å². The Kier molecular flexibility index (Phi) is 46.7. The van der Waals surface area contributed by atoms with E-state index < -0.39 is 29.4 Å². The van der Waals surface area contributed by atoms with E-state index in [2.05, 4.69) is 16.0 Å². The van der Waals surface area contributed by atoms with Crippen LogP contribution >= 0.6 is 23.5 Å². The quantitative estimate of drug-likeness (QED) is 0.0470. The summed E-state index contributed by atoms with van der Waals surface area (Å²) in [5.41, 5.74) is -0.673. The van der Waals surface area contributed by atoms with Gasteiger partial charge in [-0.25, -0.2) is 0 Å². The molecule has 0 fully saturated rings. The molecule has 0 aromatic heterocycles. The summed E-state index contributed by atoms with van der Waals surface area (Å²) in [6, 6.07) is 17.9. The Hall–Kier alpha value is -4.66. The molecule has 1 aliphatic heterocycles. The molecule has 0 radical (unpaired) electrons. The van der Waals surface area contributed by atoms with Crippen molar-refractivity contribution in [2.45, 2.75) is 80.7 Å². The summed E-state index contributed by atoms with van der Waals surface area (Å²) in [5.74, 6) is -2.28. The number of hydrogen-bond acceptors (Lipinski definition) is 23. The van der Waals surface area contributed by atoms with Gasteiger partial charge in [0.25, 0.3) is 11.8 Å². The molecule has 0 bridgehead atoms. The smallest absolute Gasteiger partial charge is 0.308 e. The number of benzene rings is 2. The second-order valence-corrected chi connectivity index (χ2v) is 22.5. The van der Waals surface area contributed by atoms with Gasteiger partial charge in [0.15, 0.2) is 0 Å². The SMILES string of the molecule is COCCOCCOCCOCCOCCOCCOCCOCCOCCOCCOCCOCCC(=O)NCCCCC(NC(=O)CCOCCOCCN1C(=O)C(Sc2ccccc2)=C(Sc2ccccc2)C1=O)C(=O)NCCC(=O)OC(C)(C)C. The Morgan fingerprint density at radius 2 is 0.798 bits per heavy atom. The van der Waals surface area contributed by atoms with Crippen molar-refractivity contribution in [1.29, 1.82) is 0 Å². The van der Waals surface area contributed by atoms with Crippen molar-refractivity contribution in [2.75, 3.05) is 205 Å². The van der Waals surface area contributed by atoms with Crippen molar-refractivity contribution in [3.8, 4) is 0 Å². The highest BCUT2D eigenvalue weighted by molar-refractivity contribution is 8.08. The molecular formula is C62H98N4O21S2. The number of hydrogen-bond donors (Lipinski definition) is 3. The Bertz CT molecular complexity index is 2150. The van der Waals surface area contributed by atoms with E-state index in [4.69, 9.17) is 71.1 Å². The first kappa shape index (κ1) is 78.6. The fraction of sp³-hybridized carbons (Fsp3) is 0.677. The summed E-state index contributed by atoms with van der Waals surface area (Å²) in [5, 5.41) is 8.34. The number of unbranched alkanes of at least 4 members (excludes halogenated alkanes) is 1. The van der Waals surface area contributed by atoms with Crippen LogP contribution in [-0.4, -0.2) is 257 Å². The summed E-state index contributed by atoms with van der Waals surface area (Å²) in [4.78, 5) is 81.6. The zero-order valence-corrected chi connectivity index (χ0v) is 54.3. The average molecular weight is 1300 g/mol. The Morgan fingerprint density at radius 3 is 1.18 bits per heavy atom. The molecule has 25 nitrogen and oxygen atoms in total. The van der Waals surface area contributed by atoms with Crippen molar-refractivity contribution in [2.24, 2.45) is 0 Å². The molecule has 1 aliphatic rings. The van der Waals surface area contributed by atoms with Gasteiger partial charge in [-0.2, -0.15) is 0 Å². The standard InChI is InChI=1S/C62H98N4O21S2/c1-62(2,3)87-56(69)18-22-64-59(70)53(65-55(68)20-25-75-29-31-76-26-23-66-60(71)57(88-51-13-7-5-8-14-51)58(61(66)72)89-52-15-9-6-10-16-52)17-11-12-21-63-54(67)19-24-74-30-32-78-35-36-80-39-40-82-43-44-84-47-48-86-50-49-85-46-45-83-42-41-81-38-37-79-34-33-77-28-27-73-4/h5-10,13-16,53H,11-12,17-50H2,1-4H3,(H,63,67)(H,64,70)(H,65,68). The van der Waals surface area contributed by atoms with Crippen LogP contribution in [0.5, 0.6) is 0 Å².